The summed E-state index contributed by atoms with van der Waals surface area (Å²) in [5.74, 6) is 0.719. The van der Waals surface area contributed by atoms with Crippen LogP contribution in [-0.4, -0.2) is 32.6 Å². The van der Waals surface area contributed by atoms with Gasteiger partial charge < -0.3 is 10.1 Å². The van der Waals surface area contributed by atoms with E-state index in [2.05, 4.69) is 25.9 Å². The number of halogens is 1. The van der Waals surface area contributed by atoms with Crippen molar-refractivity contribution in [1.29, 1.82) is 0 Å². The molecule has 1 aromatic rings. The number of hydrogen-bond donors (Lipinski definition) is 2. The Bertz CT molecular complexity index is 352. The molecule has 1 fully saturated rings. The molecule has 1 atom stereocenters. The summed E-state index contributed by atoms with van der Waals surface area (Å²) in [7, 11) is 0. The maximum absolute atomic E-state index is 10.9. The van der Waals surface area contributed by atoms with E-state index < -0.39 is 6.09 Å². The number of aromatic nitrogens is 2. The van der Waals surface area contributed by atoms with E-state index in [0.29, 0.717) is 6.54 Å². The molecule has 1 unspecified atom stereocenters. The highest BCUT2D eigenvalue weighted by atomic mass is 79.9. The molecule has 1 aliphatic rings. The molecule has 14 heavy (non-hydrogen) atoms. The molecule has 5 nitrogen and oxygen atoms in total. The Kier molecular flexibility index (Phi) is 2.45. The molecule has 2 N–H and O–H groups in total. The number of carbonyl (C=O) groups is 1. The van der Waals surface area contributed by atoms with Crippen molar-refractivity contribution in [2.75, 3.05) is 6.54 Å². The quantitative estimate of drug-likeness (QED) is 0.811. The van der Waals surface area contributed by atoms with Crippen LogP contribution < -0.4 is 0 Å². The Hall–Kier alpha value is -1.04. The lowest BCUT2D eigenvalue weighted by Gasteiger charge is -2.19. The zero-order valence-electron chi connectivity index (χ0n) is 7.40. The van der Waals surface area contributed by atoms with Gasteiger partial charge in [0.1, 0.15) is 10.4 Å². The Morgan fingerprint density at radius 2 is 2.57 bits per heavy atom. The maximum atomic E-state index is 10.9. The highest BCUT2D eigenvalue weighted by molar-refractivity contribution is 9.10. The van der Waals surface area contributed by atoms with Crippen LogP contribution in [0.3, 0.4) is 0 Å². The summed E-state index contributed by atoms with van der Waals surface area (Å²) >= 11 is 3.25. The first kappa shape index (κ1) is 9.51. The maximum Gasteiger partial charge on any atom is 0.407 e. The van der Waals surface area contributed by atoms with Gasteiger partial charge in [-0.15, -0.1) is 0 Å². The van der Waals surface area contributed by atoms with E-state index in [1.54, 1.807) is 6.20 Å². The van der Waals surface area contributed by atoms with E-state index in [-0.39, 0.29) is 6.04 Å². The van der Waals surface area contributed by atoms with E-state index >= 15 is 0 Å². The average Bonchev–Trinajstić information content (AvgIpc) is 2.70. The highest BCUT2D eigenvalue weighted by Gasteiger charge is 2.31. The number of carboxylic acid groups (broad SMARTS) is 1. The summed E-state index contributed by atoms with van der Waals surface area (Å²) in [6.07, 6.45) is 2.51. The second kappa shape index (κ2) is 3.61. The van der Waals surface area contributed by atoms with Crippen molar-refractivity contribution in [2.45, 2.75) is 18.9 Å². The molecule has 0 saturated carbocycles. The second-order valence-corrected chi connectivity index (χ2v) is 4.10. The number of nitrogens with one attached hydrogen (secondary N) is 1. The van der Waals surface area contributed by atoms with Gasteiger partial charge in [-0.3, -0.25) is 4.90 Å². The molecule has 1 amide bonds. The lowest BCUT2D eigenvalue weighted by Crippen LogP contribution is -2.29. The van der Waals surface area contributed by atoms with Gasteiger partial charge in [-0.2, -0.15) is 0 Å². The number of hydrogen-bond acceptors (Lipinski definition) is 2. The summed E-state index contributed by atoms with van der Waals surface area (Å²) in [5.41, 5.74) is 0. The number of rotatable bonds is 1. The van der Waals surface area contributed by atoms with Crippen LogP contribution in [0.4, 0.5) is 4.79 Å². The van der Waals surface area contributed by atoms with Crippen molar-refractivity contribution >= 4 is 22.0 Å². The molecule has 76 valence electrons. The Morgan fingerprint density at radius 3 is 3.14 bits per heavy atom. The monoisotopic (exact) mass is 259 g/mol. The van der Waals surface area contributed by atoms with Gasteiger partial charge in [-0.05, 0) is 28.8 Å². The van der Waals surface area contributed by atoms with Gasteiger partial charge in [0.25, 0.3) is 0 Å². The Balaban J connectivity index is 2.21. The van der Waals surface area contributed by atoms with Gasteiger partial charge in [0.2, 0.25) is 0 Å². The fraction of sp³-hybridized carbons (Fsp3) is 0.500. The van der Waals surface area contributed by atoms with Crippen molar-refractivity contribution in [3.05, 3.63) is 16.6 Å². The first-order chi connectivity index (χ1) is 6.68. The van der Waals surface area contributed by atoms with Crippen LogP contribution in [0.1, 0.15) is 24.7 Å². The summed E-state index contributed by atoms with van der Waals surface area (Å²) in [5, 5.41) is 8.92. The van der Waals surface area contributed by atoms with Crippen LogP contribution in [0.15, 0.2) is 10.8 Å². The fourth-order valence-electron chi connectivity index (χ4n) is 1.76. The van der Waals surface area contributed by atoms with Crippen molar-refractivity contribution in [1.82, 2.24) is 14.9 Å². The molecule has 1 saturated heterocycles. The van der Waals surface area contributed by atoms with Gasteiger partial charge in [-0.25, -0.2) is 9.78 Å². The number of aromatic amines is 1. The minimum atomic E-state index is -0.875. The highest BCUT2D eigenvalue weighted by Crippen LogP contribution is 2.30. The predicted molar refractivity (Wildman–Crippen MR) is 53.0 cm³/mol. The molecule has 1 aliphatic heterocycles. The van der Waals surface area contributed by atoms with Crippen LogP contribution in [0.5, 0.6) is 0 Å². The standard InChI is InChI=1S/C8H10BrN3O2/c9-6-4-10-7(11-6)5-2-1-3-12(5)8(13)14/h4-5H,1-3H2,(H,10,11)(H,13,14). The SMILES string of the molecule is O=C(O)N1CCCC1c1ncc(Br)[nH]1. The second-order valence-electron chi connectivity index (χ2n) is 3.25. The third kappa shape index (κ3) is 1.61. The van der Waals surface area contributed by atoms with Crippen LogP contribution in [0.25, 0.3) is 0 Å². The van der Waals surface area contributed by atoms with Gasteiger partial charge in [0.05, 0.1) is 12.2 Å². The van der Waals surface area contributed by atoms with Gasteiger partial charge in [-0.1, -0.05) is 0 Å². The molecular formula is C8H10BrN3O2. The lowest BCUT2D eigenvalue weighted by molar-refractivity contribution is 0.139. The summed E-state index contributed by atoms with van der Waals surface area (Å²) in [6.45, 7) is 0.596. The molecule has 0 aliphatic carbocycles. The topological polar surface area (TPSA) is 69.2 Å². The minimum Gasteiger partial charge on any atom is -0.465 e. The number of amides is 1. The van der Waals surface area contributed by atoms with Gasteiger partial charge in [0, 0.05) is 6.54 Å². The average molecular weight is 260 g/mol. The molecule has 0 radical (unpaired) electrons. The molecule has 0 aromatic carbocycles. The molecule has 6 heteroatoms. The minimum absolute atomic E-state index is 0.112. The van der Waals surface area contributed by atoms with Crippen molar-refractivity contribution in [3.63, 3.8) is 0 Å². The van der Waals surface area contributed by atoms with Crippen LogP contribution in [-0.2, 0) is 0 Å². The smallest absolute Gasteiger partial charge is 0.407 e. The Labute approximate surface area is 89.3 Å². The molecule has 0 spiro atoms. The largest absolute Gasteiger partial charge is 0.465 e. The molecule has 1 aromatic heterocycles. The third-order valence-corrected chi connectivity index (χ3v) is 2.78. The number of imidazole rings is 1. The first-order valence-corrected chi connectivity index (χ1v) is 5.18. The fourth-order valence-corrected chi connectivity index (χ4v) is 2.07. The number of nitrogens with zero attached hydrogens (tertiary/aromatic N) is 2. The molecule has 2 heterocycles. The summed E-state index contributed by atoms with van der Waals surface area (Å²) < 4.78 is 0.782. The van der Waals surface area contributed by atoms with Crippen molar-refractivity contribution in [2.24, 2.45) is 0 Å². The normalized spacial score (nSPS) is 21.5. The van der Waals surface area contributed by atoms with E-state index in [1.807, 2.05) is 0 Å². The summed E-state index contributed by atoms with van der Waals surface area (Å²) in [4.78, 5) is 19.4. The lowest BCUT2D eigenvalue weighted by atomic mass is 10.2. The summed E-state index contributed by atoms with van der Waals surface area (Å²) in [6, 6.07) is -0.112. The van der Waals surface area contributed by atoms with E-state index in [0.717, 1.165) is 23.3 Å². The van der Waals surface area contributed by atoms with E-state index in [9.17, 15) is 4.79 Å². The van der Waals surface area contributed by atoms with Gasteiger partial charge in [0.15, 0.2) is 0 Å². The van der Waals surface area contributed by atoms with Gasteiger partial charge >= 0.3 is 6.09 Å². The van der Waals surface area contributed by atoms with Crippen LogP contribution in [0.2, 0.25) is 0 Å². The number of likely N-dealkylation sites (tertiary alicyclic amines) is 1. The predicted octanol–water partition coefficient (Wildman–Crippen LogP) is 1.99. The zero-order valence-corrected chi connectivity index (χ0v) is 8.99. The van der Waals surface area contributed by atoms with Crippen LogP contribution >= 0.6 is 15.9 Å². The zero-order chi connectivity index (χ0) is 10.1. The first-order valence-electron chi connectivity index (χ1n) is 4.38. The third-order valence-electron chi connectivity index (χ3n) is 2.38. The van der Waals surface area contributed by atoms with E-state index in [1.165, 1.54) is 4.90 Å². The van der Waals surface area contributed by atoms with Crippen LogP contribution in [0, 0.1) is 0 Å². The Morgan fingerprint density at radius 1 is 1.79 bits per heavy atom. The number of H-pyrrole nitrogens is 1. The van der Waals surface area contributed by atoms with Crippen molar-refractivity contribution < 1.29 is 9.90 Å². The molecule has 0 bridgehead atoms. The van der Waals surface area contributed by atoms with E-state index in [4.69, 9.17) is 5.11 Å². The molecular weight excluding hydrogens is 250 g/mol. The van der Waals surface area contributed by atoms with Crippen molar-refractivity contribution in [3.8, 4) is 0 Å². The molecule has 2 rings (SSSR count).